The highest BCUT2D eigenvalue weighted by molar-refractivity contribution is 5.93. The number of ether oxygens (including phenoxy) is 3. The molecule has 1 aromatic carbocycles. The minimum Gasteiger partial charge on any atom is -0.496 e. The van der Waals surface area contributed by atoms with Gasteiger partial charge in [-0.15, -0.1) is 0 Å². The van der Waals surface area contributed by atoms with Crippen molar-refractivity contribution in [1.82, 2.24) is 0 Å². The molecule has 0 N–H and O–H groups in total. The van der Waals surface area contributed by atoms with Gasteiger partial charge in [0, 0.05) is 12.1 Å². The lowest BCUT2D eigenvalue weighted by molar-refractivity contribution is -0.296. The third kappa shape index (κ3) is 4.61. The smallest absolute Gasteiger partial charge is 0.376 e. The lowest BCUT2D eigenvalue weighted by Crippen LogP contribution is -2.35. The Balaban J connectivity index is 2.13. The van der Waals surface area contributed by atoms with E-state index in [1.165, 1.54) is 33.8 Å². The highest BCUT2D eigenvalue weighted by Crippen LogP contribution is 2.37. The van der Waals surface area contributed by atoms with Gasteiger partial charge in [0.2, 0.25) is 0 Å². The number of hydrogen-bond acceptors (Lipinski definition) is 6. The molecule has 0 amide bonds. The van der Waals surface area contributed by atoms with Gasteiger partial charge in [-0.05, 0) is 30.6 Å². The van der Waals surface area contributed by atoms with E-state index in [0.29, 0.717) is 35.0 Å². The molecule has 3 unspecified atom stereocenters. The summed E-state index contributed by atoms with van der Waals surface area (Å²) in [5, 5.41) is 0. The summed E-state index contributed by atoms with van der Waals surface area (Å²) in [6.07, 6.45) is 3.06. The fraction of sp³-hybridized carbons (Fsp3) is 0.650. The Labute approximate surface area is 155 Å². The maximum atomic E-state index is 12.6. The van der Waals surface area contributed by atoms with Gasteiger partial charge in [-0.1, -0.05) is 27.2 Å². The topological polar surface area (TPSA) is 63.2 Å². The molecule has 0 radical (unpaired) electrons. The van der Waals surface area contributed by atoms with Gasteiger partial charge in [-0.25, -0.2) is 4.79 Å². The molecular weight excluding hydrogens is 336 g/mol. The van der Waals surface area contributed by atoms with E-state index in [1.54, 1.807) is 6.07 Å². The summed E-state index contributed by atoms with van der Waals surface area (Å²) in [5.74, 6) is 2.05. The average Bonchev–Trinajstić information content (AvgIpc) is 2.64. The van der Waals surface area contributed by atoms with E-state index in [9.17, 15) is 4.79 Å². The molecule has 0 aliphatic heterocycles. The van der Waals surface area contributed by atoms with E-state index in [0.717, 1.165) is 12.8 Å². The molecule has 6 nitrogen and oxygen atoms in total. The van der Waals surface area contributed by atoms with Gasteiger partial charge in [-0.3, -0.25) is 4.89 Å². The van der Waals surface area contributed by atoms with E-state index >= 15 is 0 Å². The Hall–Kier alpha value is -1.95. The van der Waals surface area contributed by atoms with Crippen LogP contribution in [0.4, 0.5) is 0 Å². The second-order valence-electron chi connectivity index (χ2n) is 7.24. The average molecular weight is 366 g/mol. The first-order valence-electron chi connectivity index (χ1n) is 9.08. The van der Waals surface area contributed by atoms with Crippen molar-refractivity contribution in [2.75, 3.05) is 21.3 Å². The standard InChI is InChI=1S/C20H30O6/c1-12(2)14-8-7-13(3)9-17(14)25-26-20(21)15-10-18(23-5)19(24-6)11-16(15)22-4/h10-14,17H,7-9H2,1-6H3. The zero-order chi connectivity index (χ0) is 19.3. The minimum atomic E-state index is -0.608. The number of hydrogen-bond donors (Lipinski definition) is 0. The maximum absolute atomic E-state index is 12.6. The monoisotopic (exact) mass is 366 g/mol. The predicted molar refractivity (Wildman–Crippen MR) is 97.7 cm³/mol. The highest BCUT2D eigenvalue weighted by atomic mass is 17.2. The molecule has 1 fully saturated rings. The molecule has 0 bridgehead atoms. The lowest BCUT2D eigenvalue weighted by Gasteiger charge is -2.35. The molecule has 1 saturated carbocycles. The molecule has 2 rings (SSSR count). The van der Waals surface area contributed by atoms with Crippen molar-refractivity contribution in [3.8, 4) is 17.2 Å². The second-order valence-corrected chi connectivity index (χ2v) is 7.24. The quantitative estimate of drug-likeness (QED) is 0.531. The van der Waals surface area contributed by atoms with Crippen LogP contribution in [0.2, 0.25) is 0 Å². The Morgan fingerprint density at radius 3 is 2.19 bits per heavy atom. The summed E-state index contributed by atoms with van der Waals surface area (Å²) >= 11 is 0. The van der Waals surface area contributed by atoms with Gasteiger partial charge >= 0.3 is 5.97 Å². The minimum absolute atomic E-state index is 0.0890. The zero-order valence-corrected chi connectivity index (χ0v) is 16.5. The molecule has 0 heterocycles. The summed E-state index contributed by atoms with van der Waals surface area (Å²) in [6.45, 7) is 6.55. The Morgan fingerprint density at radius 1 is 1.00 bits per heavy atom. The van der Waals surface area contributed by atoms with Crippen molar-refractivity contribution in [1.29, 1.82) is 0 Å². The summed E-state index contributed by atoms with van der Waals surface area (Å²) in [6, 6.07) is 3.13. The number of methoxy groups -OCH3 is 3. The van der Waals surface area contributed by atoms with Crippen LogP contribution in [-0.4, -0.2) is 33.4 Å². The van der Waals surface area contributed by atoms with Crippen LogP contribution in [0.25, 0.3) is 0 Å². The first kappa shape index (κ1) is 20.4. The zero-order valence-electron chi connectivity index (χ0n) is 16.5. The molecule has 3 atom stereocenters. The third-order valence-corrected chi connectivity index (χ3v) is 5.13. The molecule has 1 aromatic rings. The molecule has 0 spiro atoms. The summed E-state index contributed by atoms with van der Waals surface area (Å²) in [5.41, 5.74) is 0.232. The van der Waals surface area contributed by atoms with Crippen LogP contribution >= 0.6 is 0 Å². The number of rotatable bonds is 7. The van der Waals surface area contributed by atoms with Gasteiger partial charge in [0.15, 0.2) is 11.5 Å². The van der Waals surface area contributed by atoms with Gasteiger partial charge in [0.05, 0.1) is 21.3 Å². The molecule has 26 heavy (non-hydrogen) atoms. The number of benzene rings is 1. The molecule has 0 saturated heterocycles. The van der Waals surface area contributed by atoms with E-state index in [4.69, 9.17) is 24.0 Å². The number of carbonyl (C=O) groups excluding carboxylic acids is 1. The van der Waals surface area contributed by atoms with E-state index < -0.39 is 5.97 Å². The van der Waals surface area contributed by atoms with Crippen LogP contribution in [0.5, 0.6) is 17.2 Å². The maximum Gasteiger partial charge on any atom is 0.376 e. The van der Waals surface area contributed by atoms with Crippen LogP contribution in [0.15, 0.2) is 12.1 Å². The normalized spacial score (nSPS) is 22.8. The van der Waals surface area contributed by atoms with Crippen molar-refractivity contribution in [2.24, 2.45) is 17.8 Å². The van der Waals surface area contributed by atoms with Crippen molar-refractivity contribution in [3.63, 3.8) is 0 Å². The second kappa shape index (κ2) is 9.12. The van der Waals surface area contributed by atoms with Crippen molar-refractivity contribution in [3.05, 3.63) is 17.7 Å². The van der Waals surface area contributed by atoms with E-state index in [-0.39, 0.29) is 11.7 Å². The number of carbonyl (C=O) groups is 1. The van der Waals surface area contributed by atoms with Crippen LogP contribution in [0, 0.1) is 17.8 Å². The fourth-order valence-corrected chi connectivity index (χ4v) is 3.56. The van der Waals surface area contributed by atoms with Gasteiger partial charge in [0.1, 0.15) is 17.4 Å². The Kier molecular flexibility index (Phi) is 7.14. The molecule has 0 aromatic heterocycles. The first-order chi connectivity index (χ1) is 12.4. The van der Waals surface area contributed by atoms with Crippen LogP contribution in [-0.2, 0) is 9.78 Å². The van der Waals surface area contributed by atoms with E-state index in [2.05, 4.69) is 20.8 Å². The van der Waals surface area contributed by atoms with E-state index in [1.807, 2.05) is 0 Å². The highest BCUT2D eigenvalue weighted by Gasteiger charge is 2.33. The Morgan fingerprint density at radius 2 is 1.62 bits per heavy atom. The SMILES string of the molecule is COc1cc(OC)c(C(=O)OOC2CC(C)CCC2C(C)C)cc1OC. The van der Waals surface area contributed by atoms with Gasteiger partial charge < -0.3 is 14.2 Å². The molecule has 146 valence electrons. The van der Waals surface area contributed by atoms with Gasteiger partial charge in [0.25, 0.3) is 0 Å². The molecular formula is C20H30O6. The van der Waals surface area contributed by atoms with Crippen molar-refractivity contribution in [2.45, 2.75) is 46.1 Å². The molecule has 6 heteroatoms. The molecule has 1 aliphatic carbocycles. The van der Waals surface area contributed by atoms with Gasteiger partial charge in [-0.2, -0.15) is 4.89 Å². The van der Waals surface area contributed by atoms with Crippen LogP contribution < -0.4 is 14.2 Å². The third-order valence-electron chi connectivity index (χ3n) is 5.13. The van der Waals surface area contributed by atoms with Crippen molar-refractivity contribution >= 4 is 5.97 Å². The summed E-state index contributed by atoms with van der Waals surface area (Å²) in [4.78, 5) is 23.4. The predicted octanol–water partition coefficient (Wildman–Crippen LogP) is 4.26. The first-order valence-corrected chi connectivity index (χ1v) is 9.08. The largest absolute Gasteiger partial charge is 0.496 e. The van der Waals surface area contributed by atoms with Crippen LogP contribution in [0.1, 0.15) is 50.4 Å². The summed E-state index contributed by atoms with van der Waals surface area (Å²) in [7, 11) is 4.51. The summed E-state index contributed by atoms with van der Waals surface area (Å²) < 4.78 is 15.8. The molecule has 1 aliphatic rings. The Bertz CT molecular complexity index is 613. The van der Waals surface area contributed by atoms with Crippen LogP contribution in [0.3, 0.4) is 0 Å². The fourth-order valence-electron chi connectivity index (χ4n) is 3.56. The lowest BCUT2D eigenvalue weighted by atomic mass is 9.75. The van der Waals surface area contributed by atoms with Crippen molar-refractivity contribution < 1.29 is 28.8 Å².